The minimum atomic E-state index is -0.0842. The fourth-order valence-corrected chi connectivity index (χ4v) is 3.42. The first-order valence-electron chi connectivity index (χ1n) is 6.91. The van der Waals surface area contributed by atoms with E-state index in [1.54, 1.807) is 0 Å². The Labute approximate surface area is 119 Å². The van der Waals surface area contributed by atoms with Gasteiger partial charge < -0.3 is 15.2 Å². The normalized spacial score (nSPS) is 32.6. The van der Waals surface area contributed by atoms with Crippen LogP contribution in [0.5, 0.6) is 0 Å². The van der Waals surface area contributed by atoms with Crippen LogP contribution in [0.25, 0.3) is 0 Å². The molecule has 0 radical (unpaired) electrons. The molecule has 1 aromatic carbocycles. The monoisotopic (exact) mass is 281 g/mol. The van der Waals surface area contributed by atoms with E-state index in [1.165, 1.54) is 0 Å². The summed E-state index contributed by atoms with van der Waals surface area (Å²) >= 11 is 6.05. The molecule has 1 spiro atoms. The molecular formula is C15H20ClNO2. The second kappa shape index (κ2) is 5.41. The predicted octanol–water partition coefficient (Wildman–Crippen LogP) is 2.93. The summed E-state index contributed by atoms with van der Waals surface area (Å²) in [4.78, 5) is 0. The first kappa shape index (κ1) is 13.4. The van der Waals surface area contributed by atoms with Crippen molar-refractivity contribution in [2.45, 2.75) is 30.9 Å². The van der Waals surface area contributed by atoms with Crippen molar-refractivity contribution in [3.63, 3.8) is 0 Å². The fraction of sp³-hybridized carbons (Fsp3) is 0.600. The molecule has 0 bridgehead atoms. The highest BCUT2D eigenvalue weighted by molar-refractivity contribution is 6.30. The maximum Gasteiger partial charge on any atom is 0.0940 e. The van der Waals surface area contributed by atoms with Gasteiger partial charge in [0.15, 0.2) is 0 Å². The second-order valence-electron chi connectivity index (χ2n) is 5.67. The van der Waals surface area contributed by atoms with Crippen molar-refractivity contribution in [2.24, 2.45) is 11.7 Å². The topological polar surface area (TPSA) is 44.5 Å². The summed E-state index contributed by atoms with van der Waals surface area (Å²) < 4.78 is 11.5. The highest BCUT2D eigenvalue weighted by atomic mass is 35.5. The predicted molar refractivity (Wildman–Crippen MR) is 75.2 cm³/mol. The third-order valence-electron chi connectivity index (χ3n) is 4.34. The van der Waals surface area contributed by atoms with Gasteiger partial charge in [0.25, 0.3) is 0 Å². The standard InChI is InChI=1S/C15H20ClNO2/c16-13-3-1-2-11(8-13)14(17)12-4-6-19-15(9-12)5-7-18-10-15/h1-3,8,12,14H,4-7,9-10,17H2. The van der Waals surface area contributed by atoms with Crippen LogP contribution in [0, 0.1) is 5.92 Å². The Kier molecular flexibility index (Phi) is 3.81. The molecule has 2 aliphatic rings. The van der Waals surface area contributed by atoms with Gasteiger partial charge >= 0.3 is 0 Å². The first-order valence-corrected chi connectivity index (χ1v) is 7.29. The van der Waals surface area contributed by atoms with Gasteiger partial charge in [-0.15, -0.1) is 0 Å². The molecule has 2 aliphatic heterocycles. The van der Waals surface area contributed by atoms with E-state index in [0.29, 0.717) is 12.5 Å². The summed E-state index contributed by atoms with van der Waals surface area (Å²) in [5.41, 5.74) is 7.47. The lowest BCUT2D eigenvalue weighted by molar-refractivity contribution is -0.101. The molecule has 2 fully saturated rings. The summed E-state index contributed by atoms with van der Waals surface area (Å²) in [6.07, 6.45) is 2.99. The summed E-state index contributed by atoms with van der Waals surface area (Å²) in [7, 11) is 0. The van der Waals surface area contributed by atoms with Gasteiger partial charge in [0.2, 0.25) is 0 Å². The molecule has 2 saturated heterocycles. The lowest BCUT2D eigenvalue weighted by Gasteiger charge is -2.39. The van der Waals surface area contributed by atoms with E-state index in [-0.39, 0.29) is 11.6 Å². The molecule has 104 valence electrons. The summed E-state index contributed by atoms with van der Waals surface area (Å²) in [6.45, 7) is 2.30. The lowest BCUT2D eigenvalue weighted by Crippen LogP contribution is -2.43. The number of nitrogens with two attached hydrogens (primary N) is 1. The number of ether oxygens (including phenoxy) is 2. The minimum Gasteiger partial charge on any atom is -0.378 e. The van der Waals surface area contributed by atoms with E-state index < -0.39 is 0 Å². The molecule has 0 saturated carbocycles. The van der Waals surface area contributed by atoms with E-state index in [2.05, 4.69) is 6.07 Å². The summed E-state index contributed by atoms with van der Waals surface area (Å²) in [5, 5.41) is 0.749. The fourth-order valence-electron chi connectivity index (χ4n) is 3.22. The highest BCUT2D eigenvalue weighted by Gasteiger charge is 2.42. The molecule has 3 unspecified atom stereocenters. The highest BCUT2D eigenvalue weighted by Crippen LogP contribution is 2.40. The van der Waals surface area contributed by atoms with Crippen LogP contribution in [0.3, 0.4) is 0 Å². The number of benzene rings is 1. The van der Waals surface area contributed by atoms with Crippen molar-refractivity contribution in [2.75, 3.05) is 19.8 Å². The van der Waals surface area contributed by atoms with Gasteiger partial charge in [-0.1, -0.05) is 23.7 Å². The van der Waals surface area contributed by atoms with Crippen LogP contribution < -0.4 is 5.73 Å². The van der Waals surface area contributed by atoms with Gasteiger partial charge in [-0.2, -0.15) is 0 Å². The van der Waals surface area contributed by atoms with E-state index in [1.807, 2.05) is 18.2 Å². The Hall–Kier alpha value is -0.610. The summed E-state index contributed by atoms with van der Waals surface area (Å²) in [6, 6.07) is 7.91. The molecule has 2 N–H and O–H groups in total. The molecular weight excluding hydrogens is 262 g/mol. The van der Waals surface area contributed by atoms with Gasteiger partial charge in [0, 0.05) is 30.7 Å². The van der Waals surface area contributed by atoms with Crippen LogP contribution in [-0.4, -0.2) is 25.4 Å². The van der Waals surface area contributed by atoms with Crippen molar-refractivity contribution >= 4 is 11.6 Å². The molecule has 0 aliphatic carbocycles. The van der Waals surface area contributed by atoms with Crippen LogP contribution >= 0.6 is 11.6 Å². The van der Waals surface area contributed by atoms with Crippen molar-refractivity contribution in [3.05, 3.63) is 34.9 Å². The number of halogens is 1. The summed E-state index contributed by atoms with van der Waals surface area (Å²) in [5.74, 6) is 0.439. The van der Waals surface area contributed by atoms with Crippen LogP contribution in [0.4, 0.5) is 0 Å². The third kappa shape index (κ3) is 2.79. The molecule has 1 aromatic rings. The van der Waals surface area contributed by atoms with Gasteiger partial charge in [-0.05, 0) is 36.5 Å². The third-order valence-corrected chi connectivity index (χ3v) is 4.57. The van der Waals surface area contributed by atoms with Crippen LogP contribution in [0.2, 0.25) is 5.02 Å². The average molecular weight is 282 g/mol. The molecule has 0 aromatic heterocycles. The smallest absolute Gasteiger partial charge is 0.0940 e. The molecule has 3 nitrogen and oxygen atoms in total. The molecule has 2 heterocycles. The first-order chi connectivity index (χ1) is 9.19. The Bertz CT molecular complexity index is 446. The van der Waals surface area contributed by atoms with Crippen molar-refractivity contribution in [1.82, 2.24) is 0 Å². The number of hydrogen-bond donors (Lipinski definition) is 1. The van der Waals surface area contributed by atoms with Gasteiger partial charge in [0.1, 0.15) is 0 Å². The maximum absolute atomic E-state index is 6.43. The molecule has 3 rings (SSSR count). The second-order valence-corrected chi connectivity index (χ2v) is 6.10. The van der Waals surface area contributed by atoms with E-state index in [4.69, 9.17) is 26.8 Å². The van der Waals surface area contributed by atoms with Crippen LogP contribution in [-0.2, 0) is 9.47 Å². The zero-order chi connectivity index (χ0) is 13.3. The van der Waals surface area contributed by atoms with E-state index >= 15 is 0 Å². The van der Waals surface area contributed by atoms with Crippen molar-refractivity contribution in [1.29, 1.82) is 0 Å². The lowest BCUT2D eigenvalue weighted by atomic mass is 9.79. The molecule has 0 amide bonds. The maximum atomic E-state index is 6.43. The Morgan fingerprint density at radius 2 is 2.26 bits per heavy atom. The Balaban J connectivity index is 1.74. The average Bonchev–Trinajstić information content (AvgIpc) is 2.86. The quantitative estimate of drug-likeness (QED) is 0.906. The van der Waals surface area contributed by atoms with Crippen LogP contribution in [0.1, 0.15) is 30.9 Å². The largest absolute Gasteiger partial charge is 0.378 e. The number of hydrogen-bond acceptors (Lipinski definition) is 3. The van der Waals surface area contributed by atoms with E-state index in [9.17, 15) is 0 Å². The van der Waals surface area contributed by atoms with E-state index in [0.717, 1.165) is 43.1 Å². The van der Waals surface area contributed by atoms with Gasteiger partial charge in [-0.3, -0.25) is 0 Å². The van der Waals surface area contributed by atoms with Gasteiger partial charge in [0.05, 0.1) is 12.2 Å². The van der Waals surface area contributed by atoms with Crippen molar-refractivity contribution < 1.29 is 9.47 Å². The molecule has 4 heteroatoms. The Morgan fingerprint density at radius 1 is 1.37 bits per heavy atom. The molecule has 19 heavy (non-hydrogen) atoms. The zero-order valence-electron chi connectivity index (χ0n) is 11.0. The SMILES string of the molecule is NC(c1cccc(Cl)c1)C1CCOC2(CCOC2)C1. The van der Waals surface area contributed by atoms with Crippen LogP contribution in [0.15, 0.2) is 24.3 Å². The van der Waals surface area contributed by atoms with Gasteiger partial charge in [-0.25, -0.2) is 0 Å². The molecule has 3 atom stereocenters. The van der Waals surface area contributed by atoms with Crippen molar-refractivity contribution in [3.8, 4) is 0 Å². The Morgan fingerprint density at radius 3 is 3.00 bits per heavy atom. The minimum absolute atomic E-state index is 0.0278. The number of rotatable bonds is 2. The zero-order valence-corrected chi connectivity index (χ0v) is 11.7.